The second kappa shape index (κ2) is 7.87. The number of fused-ring (bicyclic) bond motifs is 1. The number of anilines is 4. The van der Waals surface area contributed by atoms with Gasteiger partial charge in [-0.3, -0.25) is 4.79 Å². The normalized spacial score (nSPS) is 21.0. The number of aromatic nitrogens is 2. The van der Waals surface area contributed by atoms with Crippen LogP contribution in [0, 0.1) is 0 Å². The molecule has 1 aromatic carbocycles. The van der Waals surface area contributed by atoms with Crippen molar-refractivity contribution in [3.05, 3.63) is 30.0 Å². The monoisotopic (exact) mass is 386 g/mol. The zero-order valence-electron chi connectivity index (χ0n) is 15.1. The highest BCUT2D eigenvalue weighted by molar-refractivity contribution is 5.97. The Hall–Kier alpha value is -3.11. The predicted molar refractivity (Wildman–Crippen MR) is 103 cm³/mol. The van der Waals surface area contributed by atoms with Crippen molar-refractivity contribution in [1.29, 1.82) is 0 Å². The van der Waals surface area contributed by atoms with Crippen molar-refractivity contribution in [2.45, 2.75) is 18.6 Å². The average molecular weight is 386 g/mol. The number of ether oxygens (including phenoxy) is 2. The van der Waals surface area contributed by atoms with Gasteiger partial charge in [0.15, 0.2) is 0 Å². The molecule has 1 aromatic heterocycles. The number of primary amides is 1. The number of nitrogens with two attached hydrogens (primary N) is 1. The SMILES string of the molecule is NC(=O)c1cnc(Nc2ccc3c(c2)NC[C@H](O)CO3)nc1NC1CCOC1. The minimum Gasteiger partial charge on any atom is -0.489 e. The van der Waals surface area contributed by atoms with E-state index in [1.54, 1.807) is 6.07 Å². The summed E-state index contributed by atoms with van der Waals surface area (Å²) in [5, 5.41) is 19.2. The molecule has 28 heavy (non-hydrogen) atoms. The van der Waals surface area contributed by atoms with Gasteiger partial charge in [0.2, 0.25) is 5.95 Å². The van der Waals surface area contributed by atoms with Crippen molar-refractivity contribution < 1.29 is 19.4 Å². The summed E-state index contributed by atoms with van der Waals surface area (Å²) in [7, 11) is 0. The molecule has 2 aromatic rings. The standard InChI is InChI=1S/C18H22N6O4/c19-16(26)13-7-21-18(24-17(13)22-11-3-4-27-8-11)23-10-1-2-15-14(5-10)20-6-12(25)9-28-15/h1-2,5,7,11-12,20,25H,3-4,6,8-9H2,(H2,19,26)(H2,21,22,23,24)/t11?,12-/m0/s1. The quantitative estimate of drug-likeness (QED) is 0.501. The lowest BCUT2D eigenvalue weighted by Gasteiger charge is -2.15. The summed E-state index contributed by atoms with van der Waals surface area (Å²) >= 11 is 0. The summed E-state index contributed by atoms with van der Waals surface area (Å²) in [6.45, 7) is 1.86. The number of carbonyl (C=O) groups is 1. The molecule has 2 aliphatic rings. The van der Waals surface area contributed by atoms with Gasteiger partial charge in [0.25, 0.3) is 5.91 Å². The van der Waals surface area contributed by atoms with Gasteiger partial charge < -0.3 is 36.3 Å². The molecule has 3 heterocycles. The highest BCUT2D eigenvalue weighted by Crippen LogP contribution is 2.31. The lowest BCUT2D eigenvalue weighted by Crippen LogP contribution is -2.24. The van der Waals surface area contributed by atoms with E-state index in [1.165, 1.54) is 6.20 Å². The fraction of sp³-hybridized carbons (Fsp3) is 0.389. The van der Waals surface area contributed by atoms with E-state index >= 15 is 0 Å². The molecule has 1 amide bonds. The van der Waals surface area contributed by atoms with E-state index in [4.69, 9.17) is 15.2 Å². The lowest BCUT2D eigenvalue weighted by atomic mass is 10.2. The lowest BCUT2D eigenvalue weighted by molar-refractivity contribution is 0.100. The molecule has 148 valence electrons. The first-order valence-electron chi connectivity index (χ1n) is 9.05. The highest BCUT2D eigenvalue weighted by Gasteiger charge is 2.20. The number of nitrogens with zero attached hydrogens (tertiary/aromatic N) is 2. The number of hydrogen-bond acceptors (Lipinski definition) is 9. The van der Waals surface area contributed by atoms with Crippen LogP contribution in [0.3, 0.4) is 0 Å². The van der Waals surface area contributed by atoms with E-state index in [9.17, 15) is 9.90 Å². The Balaban J connectivity index is 1.55. The van der Waals surface area contributed by atoms with Crippen molar-refractivity contribution in [3.63, 3.8) is 0 Å². The third-order valence-electron chi connectivity index (χ3n) is 4.52. The maximum Gasteiger partial charge on any atom is 0.254 e. The first kappa shape index (κ1) is 18.3. The number of nitrogens with one attached hydrogen (secondary N) is 3. The zero-order chi connectivity index (χ0) is 19.5. The number of hydrogen-bond donors (Lipinski definition) is 5. The third kappa shape index (κ3) is 4.07. The minimum atomic E-state index is -0.599. The van der Waals surface area contributed by atoms with Crippen LogP contribution in [0.1, 0.15) is 16.8 Å². The van der Waals surface area contributed by atoms with Gasteiger partial charge >= 0.3 is 0 Å². The number of benzene rings is 1. The maximum atomic E-state index is 11.7. The second-order valence-corrected chi connectivity index (χ2v) is 6.71. The fourth-order valence-corrected chi connectivity index (χ4v) is 3.05. The second-order valence-electron chi connectivity index (χ2n) is 6.71. The van der Waals surface area contributed by atoms with E-state index < -0.39 is 12.0 Å². The third-order valence-corrected chi connectivity index (χ3v) is 4.52. The predicted octanol–water partition coefficient (Wildman–Crippen LogP) is 0.685. The van der Waals surface area contributed by atoms with E-state index in [2.05, 4.69) is 25.9 Å². The summed E-state index contributed by atoms with van der Waals surface area (Å²) in [5.41, 5.74) is 7.16. The van der Waals surface area contributed by atoms with Crippen LogP contribution in [0.15, 0.2) is 24.4 Å². The Kier molecular flexibility index (Phi) is 5.13. The van der Waals surface area contributed by atoms with Gasteiger partial charge in [0, 0.05) is 25.0 Å². The van der Waals surface area contributed by atoms with Crippen LogP contribution in [0.25, 0.3) is 0 Å². The van der Waals surface area contributed by atoms with Gasteiger partial charge in [0.1, 0.15) is 24.3 Å². The molecule has 0 radical (unpaired) electrons. The number of aliphatic hydroxyl groups excluding tert-OH is 1. The molecule has 10 heteroatoms. The van der Waals surface area contributed by atoms with E-state index in [-0.39, 0.29) is 18.2 Å². The van der Waals surface area contributed by atoms with Crippen LogP contribution >= 0.6 is 0 Å². The Bertz CT molecular complexity index is 871. The van der Waals surface area contributed by atoms with E-state index in [0.29, 0.717) is 37.3 Å². The van der Waals surface area contributed by atoms with Crippen LogP contribution in [-0.2, 0) is 4.74 Å². The number of β-amino-alcohol motifs (C(OH)–C–C–N with tert-alkyl or cyclic N) is 1. The topological polar surface area (TPSA) is 144 Å². The number of rotatable bonds is 5. The van der Waals surface area contributed by atoms with E-state index in [0.717, 1.165) is 17.8 Å². The largest absolute Gasteiger partial charge is 0.489 e. The first-order chi connectivity index (χ1) is 13.6. The van der Waals surface area contributed by atoms with Crippen LogP contribution in [0.4, 0.5) is 23.1 Å². The average Bonchev–Trinajstić information content (AvgIpc) is 3.11. The van der Waals surface area contributed by atoms with Crippen molar-refractivity contribution in [3.8, 4) is 5.75 Å². The number of amides is 1. The minimum absolute atomic E-state index is 0.0705. The Morgan fingerprint density at radius 2 is 2.25 bits per heavy atom. The number of aliphatic hydroxyl groups is 1. The molecule has 1 saturated heterocycles. The summed E-state index contributed by atoms with van der Waals surface area (Å²) in [6.07, 6.45) is 1.66. The van der Waals surface area contributed by atoms with Gasteiger partial charge in [0.05, 0.1) is 23.9 Å². The maximum absolute atomic E-state index is 11.7. The summed E-state index contributed by atoms with van der Waals surface area (Å²) in [4.78, 5) is 20.3. The van der Waals surface area contributed by atoms with Crippen LogP contribution in [0.2, 0.25) is 0 Å². The Morgan fingerprint density at radius 3 is 3.04 bits per heavy atom. The summed E-state index contributed by atoms with van der Waals surface area (Å²) in [6, 6.07) is 5.54. The van der Waals surface area contributed by atoms with Crippen molar-refractivity contribution in [2.24, 2.45) is 5.73 Å². The van der Waals surface area contributed by atoms with Gasteiger partial charge in [-0.2, -0.15) is 4.98 Å². The van der Waals surface area contributed by atoms with Crippen molar-refractivity contribution >= 4 is 29.0 Å². The van der Waals surface area contributed by atoms with Crippen molar-refractivity contribution in [1.82, 2.24) is 9.97 Å². The molecule has 0 spiro atoms. The van der Waals surface area contributed by atoms with Crippen LogP contribution in [-0.4, -0.2) is 59.5 Å². The van der Waals surface area contributed by atoms with Gasteiger partial charge in [-0.25, -0.2) is 4.98 Å². The zero-order valence-corrected chi connectivity index (χ0v) is 15.1. The van der Waals surface area contributed by atoms with Crippen molar-refractivity contribution in [2.75, 3.05) is 42.3 Å². The molecule has 0 bridgehead atoms. The highest BCUT2D eigenvalue weighted by atomic mass is 16.5. The molecular weight excluding hydrogens is 364 g/mol. The molecule has 1 unspecified atom stereocenters. The molecule has 10 nitrogen and oxygen atoms in total. The fourth-order valence-electron chi connectivity index (χ4n) is 3.05. The molecule has 0 aliphatic carbocycles. The smallest absolute Gasteiger partial charge is 0.254 e. The van der Waals surface area contributed by atoms with E-state index in [1.807, 2.05) is 12.1 Å². The van der Waals surface area contributed by atoms with Gasteiger partial charge in [-0.1, -0.05) is 0 Å². The molecule has 2 aliphatic heterocycles. The molecule has 4 rings (SSSR count). The van der Waals surface area contributed by atoms with Gasteiger partial charge in [-0.05, 0) is 24.6 Å². The molecule has 2 atom stereocenters. The molecule has 6 N–H and O–H groups in total. The first-order valence-corrected chi connectivity index (χ1v) is 9.05. The molecule has 1 fully saturated rings. The molecule has 0 saturated carbocycles. The summed E-state index contributed by atoms with van der Waals surface area (Å²) in [5.74, 6) is 0.759. The van der Waals surface area contributed by atoms with Gasteiger partial charge in [-0.15, -0.1) is 0 Å². The van der Waals surface area contributed by atoms with Crippen LogP contribution < -0.4 is 26.4 Å². The number of carbonyl (C=O) groups excluding carboxylic acids is 1. The summed E-state index contributed by atoms with van der Waals surface area (Å²) < 4.78 is 10.9. The Morgan fingerprint density at radius 1 is 1.36 bits per heavy atom. The molecular formula is C18H22N6O4. The van der Waals surface area contributed by atoms with Crippen LogP contribution in [0.5, 0.6) is 5.75 Å². The Labute approximate surface area is 161 Å².